The first kappa shape index (κ1) is 14.7. The summed E-state index contributed by atoms with van der Waals surface area (Å²) in [5, 5.41) is 4.87. The quantitative estimate of drug-likeness (QED) is 0.874. The molecule has 0 radical (unpaired) electrons. The molecule has 21 heavy (non-hydrogen) atoms. The fourth-order valence-electron chi connectivity index (χ4n) is 2.79. The summed E-state index contributed by atoms with van der Waals surface area (Å²) in [4.78, 5) is 2.33. The molecular weight excluding hydrogens is 303 g/mol. The molecular formula is C17H18Cl2N2. The average molecular weight is 321 g/mol. The number of benzene rings is 2. The maximum Gasteiger partial charge on any atom is 0.0825 e. The van der Waals surface area contributed by atoms with Crippen molar-refractivity contribution in [3.8, 4) is 0 Å². The molecule has 2 aromatic rings. The second-order valence-corrected chi connectivity index (χ2v) is 6.08. The summed E-state index contributed by atoms with van der Waals surface area (Å²) in [7, 11) is 0. The van der Waals surface area contributed by atoms with Crippen molar-refractivity contribution in [2.24, 2.45) is 0 Å². The molecule has 0 bridgehead atoms. The van der Waals surface area contributed by atoms with Gasteiger partial charge in [0, 0.05) is 19.1 Å². The van der Waals surface area contributed by atoms with Crippen molar-refractivity contribution in [1.82, 2.24) is 5.32 Å². The third-order valence-corrected chi connectivity index (χ3v) is 4.68. The molecule has 1 fully saturated rings. The number of hydrogen-bond donors (Lipinski definition) is 1. The minimum atomic E-state index is 0.309. The van der Waals surface area contributed by atoms with E-state index < -0.39 is 0 Å². The highest BCUT2D eigenvalue weighted by atomic mass is 35.5. The van der Waals surface area contributed by atoms with E-state index in [1.54, 1.807) is 0 Å². The number of anilines is 1. The highest BCUT2D eigenvalue weighted by molar-refractivity contribution is 6.43. The Morgan fingerprint density at radius 1 is 1.00 bits per heavy atom. The van der Waals surface area contributed by atoms with Crippen LogP contribution in [0.25, 0.3) is 0 Å². The van der Waals surface area contributed by atoms with Gasteiger partial charge in [-0.05, 0) is 30.7 Å². The Hall–Kier alpha value is -1.22. The highest BCUT2D eigenvalue weighted by Crippen LogP contribution is 2.34. The van der Waals surface area contributed by atoms with Crippen LogP contribution in [-0.4, -0.2) is 19.6 Å². The van der Waals surface area contributed by atoms with Crippen molar-refractivity contribution in [3.63, 3.8) is 0 Å². The lowest BCUT2D eigenvalue weighted by molar-refractivity contribution is 0.570. The lowest BCUT2D eigenvalue weighted by atomic mass is 10.1. The normalized spacial score (nSPS) is 19.3. The molecule has 0 aliphatic carbocycles. The van der Waals surface area contributed by atoms with Crippen molar-refractivity contribution in [2.45, 2.75) is 12.5 Å². The molecule has 0 aromatic heterocycles. The summed E-state index contributed by atoms with van der Waals surface area (Å²) in [6, 6.07) is 16.7. The first-order chi connectivity index (χ1) is 10.3. The van der Waals surface area contributed by atoms with E-state index in [0.29, 0.717) is 16.1 Å². The largest absolute Gasteiger partial charge is 0.368 e. The summed E-state index contributed by atoms with van der Waals surface area (Å²) >= 11 is 12.5. The van der Waals surface area contributed by atoms with Gasteiger partial charge in [0.2, 0.25) is 0 Å². The van der Waals surface area contributed by atoms with Crippen LogP contribution in [0.1, 0.15) is 18.0 Å². The van der Waals surface area contributed by atoms with Crippen LogP contribution in [-0.2, 0) is 0 Å². The van der Waals surface area contributed by atoms with Gasteiger partial charge in [0.05, 0.1) is 15.7 Å². The molecule has 1 saturated heterocycles. The third kappa shape index (κ3) is 3.34. The molecule has 110 valence electrons. The van der Waals surface area contributed by atoms with Crippen molar-refractivity contribution in [1.29, 1.82) is 0 Å². The zero-order chi connectivity index (χ0) is 14.7. The molecule has 0 spiro atoms. The van der Waals surface area contributed by atoms with Gasteiger partial charge in [0.1, 0.15) is 0 Å². The number of nitrogens with one attached hydrogen (secondary N) is 1. The molecule has 1 heterocycles. The maximum atomic E-state index is 6.38. The summed E-state index contributed by atoms with van der Waals surface area (Å²) in [5.74, 6) is 0. The molecule has 1 N–H and O–H groups in total. The Balaban J connectivity index is 1.87. The molecule has 2 nitrogen and oxygen atoms in total. The Morgan fingerprint density at radius 3 is 2.62 bits per heavy atom. The van der Waals surface area contributed by atoms with Crippen molar-refractivity contribution in [2.75, 3.05) is 24.5 Å². The van der Waals surface area contributed by atoms with E-state index in [2.05, 4.69) is 34.5 Å². The topological polar surface area (TPSA) is 15.3 Å². The molecule has 2 aromatic carbocycles. The minimum absolute atomic E-state index is 0.309. The standard InChI is InChI=1S/C17H18Cl2N2/c18-14-8-4-9-16(17(14)19)21-11-5-10-20-15(12-21)13-6-2-1-3-7-13/h1-4,6-9,15,20H,5,10-12H2. The maximum absolute atomic E-state index is 6.38. The molecule has 0 saturated carbocycles. The van der Waals surface area contributed by atoms with Crippen molar-refractivity contribution < 1.29 is 0 Å². The second-order valence-electron chi connectivity index (χ2n) is 5.29. The molecule has 1 atom stereocenters. The van der Waals surface area contributed by atoms with Gasteiger partial charge in [0.25, 0.3) is 0 Å². The first-order valence-electron chi connectivity index (χ1n) is 7.23. The van der Waals surface area contributed by atoms with Crippen LogP contribution in [0, 0.1) is 0 Å². The third-order valence-electron chi connectivity index (χ3n) is 3.87. The molecule has 1 unspecified atom stereocenters. The fraction of sp³-hybridized carbons (Fsp3) is 0.294. The summed E-state index contributed by atoms with van der Waals surface area (Å²) in [6.45, 7) is 2.88. The van der Waals surface area contributed by atoms with Gasteiger partial charge in [0.15, 0.2) is 0 Å². The highest BCUT2D eigenvalue weighted by Gasteiger charge is 2.21. The lowest BCUT2D eigenvalue weighted by Crippen LogP contribution is -2.31. The van der Waals surface area contributed by atoms with Crippen LogP contribution in [0.2, 0.25) is 10.0 Å². The van der Waals surface area contributed by atoms with Crippen LogP contribution < -0.4 is 10.2 Å². The number of halogens is 2. The van der Waals surface area contributed by atoms with Crippen LogP contribution in [0.4, 0.5) is 5.69 Å². The predicted molar refractivity (Wildman–Crippen MR) is 90.5 cm³/mol. The first-order valence-corrected chi connectivity index (χ1v) is 7.98. The SMILES string of the molecule is Clc1cccc(N2CCCNC(c3ccccc3)C2)c1Cl. The molecule has 1 aliphatic rings. The minimum Gasteiger partial charge on any atom is -0.368 e. The van der Waals surface area contributed by atoms with Crippen LogP contribution in [0.5, 0.6) is 0 Å². The summed E-state index contributed by atoms with van der Waals surface area (Å²) < 4.78 is 0. The van der Waals surface area contributed by atoms with Gasteiger partial charge in [-0.2, -0.15) is 0 Å². The molecule has 4 heteroatoms. The van der Waals surface area contributed by atoms with Gasteiger partial charge >= 0.3 is 0 Å². The van der Waals surface area contributed by atoms with Gasteiger partial charge in [-0.25, -0.2) is 0 Å². The predicted octanol–water partition coefficient (Wildman–Crippen LogP) is 4.53. The molecule has 3 rings (SSSR count). The summed E-state index contributed by atoms with van der Waals surface area (Å²) in [6.07, 6.45) is 1.09. The Bertz CT molecular complexity index is 601. The van der Waals surface area contributed by atoms with Crippen LogP contribution in [0.15, 0.2) is 48.5 Å². The Labute approximate surface area is 135 Å². The van der Waals surface area contributed by atoms with Crippen LogP contribution in [0.3, 0.4) is 0 Å². The van der Waals surface area contributed by atoms with E-state index in [1.165, 1.54) is 5.56 Å². The Morgan fingerprint density at radius 2 is 1.81 bits per heavy atom. The lowest BCUT2D eigenvalue weighted by Gasteiger charge is -2.27. The van der Waals surface area contributed by atoms with Crippen LogP contribution >= 0.6 is 23.2 Å². The smallest absolute Gasteiger partial charge is 0.0825 e. The number of nitrogens with zero attached hydrogens (tertiary/aromatic N) is 1. The summed E-state index contributed by atoms with van der Waals surface area (Å²) in [5.41, 5.74) is 2.33. The number of hydrogen-bond acceptors (Lipinski definition) is 2. The zero-order valence-corrected chi connectivity index (χ0v) is 13.2. The van der Waals surface area contributed by atoms with E-state index in [9.17, 15) is 0 Å². The van der Waals surface area contributed by atoms with Gasteiger partial charge in [-0.1, -0.05) is 59.6 Å². The second kappa shape index (κ2) is 6.69. The van der Waals surface area contributed by atoms with E-state index in [1.807, 2.05) is 24.3 Å². The van der Waals surface area contributed by atoms with Gasteiger partial charge in [-0.15, -0.1) is 0 Å². The fourth-order valence-corrected chi connectivity index (χ4v) is 3.20. The van der Waals surface area contributed by atoms with Crippen molar-refractivity contribution >= 4 is 28.9 Å². The number of rotatable bonds is 2. The van der Waals surface area contributed by atoms with E-state index in [-0.39, 0.29) is 0 Å². The van der Waals surface area contributed by atoms with E-state index in [4.69, 9.17) is 23.2 Å². The monoisotopic (exact) mass is 320 g/mol. The zero-order valence-electron chi connectivity index (χ0n) is 11.7. The van der Waals surface area contributed by atoms with E-state index in [0.717, 1.165) is 31.7 Å². The van der Waals surface area contributed by atoms with Gasteiger partial charge in [-0.3, -0.25) is 0 Å². The molecule has 1 aliphatic heterocycles. The van der Waals surface area contributed by atoms with Crippen molar-refractivity contribution in [3.05, 3.63) is 64.1 Å². The average Bonchev–Trinajstić information content (AvgIpc) is 2.77. The van der Waals surface area contributed by atoms with E-state index >= 15 is 0 Å². The van der Waals surface area contributed by atoms with Gasteiger partial charge < -0.3 is 10.2 Å². The molecule has 0 amide bonds. The Kier molecular flexibility index (Phi) is 4.69.